The van der Waals surface area contributed by atoms with Gasteiger partial charge in [-0.15, -0.1) is 0 Å². The van der Waals surface area contributed by atoms with Gasteiger partial charge in [-0.2, -0.15) is 15.6 Å². The zero-order chi connectivity index (χ0) is 11.5. The third-order valence-corrected chi connectivity index (χ3v) is 2.91. The Bertz CT molecular complexity index is 549. The van der Waals surface area contributed by atoms with Crippen molar-refractivity contribution in [1.82, 2.24) is 9.78 Å². The van der Waals surface area contributed by atoms with E-state index in [-0.39, 0.29) is 23.6 Å². The molecule has 1 aromatic rings. The van der Waals surface area contributed by atoms with Crippen LogP contribution >= 0.6 is 10.7 Å². The molecule has 0 N–H and O–H groups in total. The number of hydrogen-bond acceptors (Lipinski definition) is 5. The Morgan fingerprint density at radius 3 is 2.67 bits per heavy atom. The molecule has 0 aliphatic heterocycles. The van der Waals surface area contributed by atoms with Crippen molar-refractivity contribution in [2.24, 2.45) is 0 Å². The molecule has 1 rings (SSSR count). The van der Waals surface area contributed by atoms with E-state index < -0.39 is 9.05 Å². The third kappa shape index (κ3) is 2.46. The molecule has 0 atom stereocenters. The van der Waals surface area contributed by atoms with Crippen LogP contribution in [0, 0.1) is 22.7 Å². The number of nitrogens with zero attached hydrogens (tertiary/aromatic N) is 4. The van der Waals surface area contributed by atoms with Gasteiger partial charge in [0.2, 0.25) is 0 Å². The number of aryl methyl sites for hydroxylation is 1. The van der Waals surface area contributed by atoms with Crippen LogP contribution < -0.4 is 0 Å². The Kier molecular flexibility index (Phi) is 3.30. The van der Waals surface area contributed by atoms with Gasteiger partial charge in [-0.05, 0) is 0 Å². The molecule has 0 aromatic carbocycles. The van der Waals surface area contributed by atoms with Crippen LogP contribution in [0.4, 0.5) is 0 Å². The highest BCUT2D eigenvalue weighted by atomic mass is 35.7. The largest absolute Gasteiger partial charge is 0.279 e. The molecule has 8 heteroatoms. The van der Waals surface area contributed by atoms with Crippen LogP contribution in [0.5, 0.6) is 0 Å². The number of aromatic nitrogens is 2. The van der Waals surface area contributed by atoms with Gasteiger partial charge in [0.15, 0.2) is 5.03 Å². The minimum atomic E-state index is -4.02. The summed E-state index contributed by atoms with van der Waals surface area (Å²) in [5, 5.41) is 20.3. The van der Waals surface area contributed by atoms with Gasteiger partial charge >= 0.3 is 0 Å². The van der Waals surface area contributed by atoms with Crippen molar-refractivity contribution in [3.8, 4) is 12.1 Å². The Balaban J connectivity index is 3.27. The summed E-state index contributed by atoms with van der Waals surface area (Å²) in [6.07, 6.45) is 1.19. The number of nitriles is 2. The van der Waals surface area contributed by atoms with Gasteiger partial charge in [0.1, 0.15) is 11.6 Å². The molecule has 0 unspecified atom stereocenters. The first kappa shape index (κ1) is 11.5. The van der Waals surface area contributed by atoms with Crippen LogP contribution in [0.15, 0.2) is 11.2 Å². The molecule has 0 saturated carbocycles. The quantitative estimate of drug-likeness (QED) is 0.725. The second-order valence-electron chi connectivity index (χ2n) is 2.54. The maximum atomic E-state index is 11.1. The van der Waals surface area contributed by atoms with Crippen LogP contribution in [-0.4, -0.2) is 18.2 Å². The molecular weight excluding hydrogens is 240 g/mol. The fourth-order valence-corrected chi connectivity index (χ4v) is 2.26. The van der Waals surface area contributed by atoms with Crippen molar-refractivity contribution in [2.45, 2.75) is 18.0 Å². The van der Waals surface area contributed by atoms with E-state index in [1.807, 2.05) is 6.07 Å². The maximum Gasteiger partial charge on any atom is 0.279 e. The van der Waals surface area contributed by atoms with E-state index in [0.717, 1.165) is 10.9 Å². The Morgan fingerprint density at radius 1 is 1.53 bits per heavy atom. The minimum Gasteiger partial charge on any atom is -0.251 e. The second-order valence-corrected chi connectivity index (χ2v) is 5.03. The van der Waals surface area contributed by atoms with Gasteiger partial charge < -0.3 is 0 Å². The molecule has 0 aliphatic rings. The SMILES string of the molecule is N#CCCn1ncc(C#N)c1S(=O)(=O)Cl. The topological polar surface area (TPSA) is 99.5 Å². The van der Waals surface area contributed by atoms with E-state index in [0.29, 0.717) is 0 Å². The average Bonchev–Trinajstić information content (AvgIpc) is 2.56. The molecule has 0 amide bonds. The molecule has 15 heavy (non-hydrogen) atoms. The van der Waals surface area contributed by atoms with Gasteiger partial charge in [-0.1, -0.05) is 0 Å². The highest BCUT2D eigenvalue weighted by Crippen LogP contribution is 2.19. The molecule has 1 heterocycles. The number of halogens is 1. The zero-order valence-electron chi connectivity index (χ0n) is 7.38. The lowest BCUT2D eigenvalue weighted by Gasteiger charge is -2.01. The van der Waals surface area contributed by atoms with Gasteiger partial charge in [0, 0.05) is 10.7 Å². The van der Waals surface area contributed by atoms with Gasteiger partial charge in [-0.25, -0.2) is 8.42 Å². The highest BCUT2D eigenvalue weighted by Gasteiger charge is 2.22. The van der Waals surface area contributed by atoms with Crippen LogP contribution in [0.2, 0.25) is 0 Å². The first-order valence-electron chi connectivity index (χ1n) is 3.78. The molecule has 0 radical (unpaired) electrons. The molecule has 1 aromatic heterocycles. The maximum absolute atomic E-state index is 11.1. The Morgan fingerprint density at radius 2 is 2.20 bits per heavy atom. The fraction of sp³-hybridized carbons (Fsp3) is 0.286. The predicted molar refractivity (Wildman–Crippen MR) is 50.2 cm³/mol. The monoisotopic (exact) mass is 244 g/mol. The van der Waals surface area contributed by atoms with Crippen molar-refractivity contribution >= 4 is 19.7 Å². The molecular formula is C7H5ClN4O2S. The normalized spacial score (nSPS) is 10.6. The Labute approximate surface area is 90.7 Å². The summed E-state index contributed by atoms with van der Waals surface area (Å²) in [7, 11) is 1.12. The van der Waals surface area contributed by atoms with E-state index >= 15 is 0 Å². The Hall–Kier alpha value is -1.57. The van der Waals surface area contributed by atoms with Crippen LogP contribution in [0.3, 0.4) is 0 Å². The second kappa shape index (κ2) is 4.30. The summed E-state index contributed by atoms with van der Waals surface area (Å²) < 4.78 is 23.3. The standard InChI is InChI=1S/C7H5ClN4O2S/c8-15(13,14)7-6(4-10)5-11-12(7)3-1-2-9/h5H,1,3H2. The lowest BCUT2D eigenvalue weighted by molar-refractivity contribution is 0.549. The lowest BCUT2D eigenvalue weighted by atomic mass is 10.4. The van der Waals surface area contributed by atoms with E-state index in [2.05, 4.69) is 5.10 Å². The summed E-state index contributed by atoms with van der Waals surface area (Å²) in [6, 6.07) is 3.51. The molecule has 0 aliphatic carbocycles. The van der Waals surface area contributed by atoms with Crippen molar-refractivity contribution in [1.29, 1.82) is 10.5 Å². The van der Waals surface area contributed by atoms with Crippen molar-refractivity contribution in [3.05, 3.63) is 11.8 Å². The molecule has 0 fully saturated rings. The number of rotatable bonds is 3. The van der Waals surface area contributed by atoms with Gasteiger partial charge in [0.05, 0.1) is 25.2 Å². The molecule has 78 valence electrons. The van der Waals surface area contributed by atoms with Crippen molar-refractivity contribution in [3.63, 3.8) is 0 Å². The zero-order valence-corrected chi connectivity index (χ0v) is 8.96. The fourth-order valence-electron chi connectivity index (χ4n) is 1.02. The molecule has 0 spiro atoms. The summed E-state index contributed by atoms with van der Waals surface area (Å²) in [4.78, 5) is 0. The molecule has 0 bridgehead atoms. The third-order valence-electron chi connectivity index (χ3n) is 1.58. The summed E-state index contributed by atoms with van der Waals surface area (Å²) in [6.45, 7) is 0.0828. The highest BCUT2D eigenvalue weighted by molar-refractivity contribution is 8.13. The summed E-state index contributed by atoms with van der Waals surface area (Å²) in [5.74, 6) is 0. The summed E-state index contributed by atoms with van der Waals surface area (Å²) >= 11 is 0. The van der Waals surface area contributed by atoms with Crippen molar-refractivity contribution < 1.29 is 8.42 Å². The lowest BCUT2D eigenvalue weighted by Crippen LogP contribution is -2.07. The minimum absolute atomic E-state index is 0.0828. The molecule has 0 saturated heterocycles. The average molecular weight is 245 g/mol. The smallest absolute Gasteiger partial charge is 0.251 e. The van der Waals surface area contributed by atoms with E-state index in [9.17, 15) is 8.42 Å². The van der Waals surface area contributed by atoms with Gasteiger partial charge in [-0.3, -0.25) is 4.68 Å². The van der Waals surface area contributed by atoms with E-state index in [1.165, 1.54) is 0 Å². The van der Waals surface area contributed by atoms with Gasteiger partial charge in [0.25, 0.3) is 9.05 Å². The van der Waals surface area contributed by atoms with Crippen LogP contribution in [0.25, 0.3) is 0 Å². The summed E-state index contributed by atoms with van der Waals surface area (Å²) in [5.41, 5.74) is -0.122. The van der Waals surface area contributed by atoms with E-state index in [4.69, 9.17) is 21.2 Å². The first-order chi connectivity index (χ1) is 7.00. The van der Waals surface area contributed by atoms with Crippen LogP contribution in [-0.2, 0) is 15.6 Å². The number of hydrogen-bond donors (Lipinski definition) is 0. The first-order valence-corrected chi connectivity index (χ1v) is 6.09. The van der Waals surface area contributed by atoms with E-state index in [1.54, 1.807) is 6.07 Å². The molecule has 6 nitrogen and oxygen atoms in total. The van der Waals surface area contributed by atoms with Crippen molar-refractivity contribution in [2.75, 3.05) is 0 Å². The predicted octanol–water partition coefficient (Wildman–Crippen LogP) is 0.596. The van der Waals surface area contributed by atoms with Crippen LogP contribution in [0.1, 0.15) is 12.0 Å².